The van der Waals surface area contributed by atoms with Gasteiger partial charge in [0.25, 0.3) is 0 Å². The van der Waals surface area contributed by atoms with Gasteiger partial charge in [0.2, 0.25) is 5.89 Å². The SMILES string of the molecule is CCOC(=O)c1nc(-c2cccc(Cl)c2Cl)oc1C. The summed E-state index contributed by atoms with van der Waals surface area (Å²) in [4.78, 5) is 15.8. The van der Waals surface area contributed by atoms with Crippen LogP contribution in [0.3, 0.4) is 0 Å². The molecule has 0 bridgehead atoms. The number of hydrogen-bond donors (Lipinski definition) is 0. The summed E-state index contributed by atoms with van der Waals surface area (Å²) in [5.74, 6) is 0.102. The van der Waals surface area contributed by atoms with Gasteiger partial charge < -0.3 is 9.15 Å². The third kappa shape index (κ3) is 2.74. The van der Waals surface area contributed by atoms with E-state index in [1.54, 1.807) is 32.0 Å². The van der Waals surface area contributed by atoms with E-state index in [2.05, 4.69) is 4.98 Å². The van der Waals surface area contributed by atoms with Crippen molar-refractivity contribution in [1.82, 2.24) is 4.98 Å². The molecule has 0 unspecified atom stereocenters. The largest absolute Gasteiger partial charge is 0.461 e. The van der Waals surface area contributed by atoms with Crippen molar-refractivity contribution < 1.29 is 13.9 Å². The minimum atomic E-state index is -0.520. The van der Waals surface area contributed by atoms with Crippen LogP contribution in [0.25, 0.3) is 11.5 Å². The lowest BCUT2D eigenvalue weighted by Gasteiger charge is -2.00. The topological polar surface area (TPSA) is 52.3 Å². The van der Waals surface area contributed by atoms with E-state index >= 15 is 0 Å². The molecule has 0 fully saturated rings. The van der Waals surface area contributed by atoms with Crippen LogP contribution in [0, 0.1) is 6.92 Å². The van der Waals surface area contributed by atoms with Gasteiger partial charge in [-0.15, -0.1) is 0 Å². The third-order valence-corrected chi connectivity index (χ3v) is 3.27. The zero-order valence-electron chi connectivity index (χ0n) is 10.4. The van der Waals surface area contributed by atoms with Gasteiger partial charge in [-0.25, -0.2) is 9.78 Å². The number of aromatic nitrogens is 1. The Morgan fingerprint density at radius 2 is 2.16 bits per heavy atom. The molecule has 19 heavy (non-hydrogen) atoms. The molecule has 6 heteroatoms. The van der Waals surface area contributed by atoms with Crippen molar-refractivity contribution in [1.29, 1.82) is 0 Å². The number of benzene rings is 1. The Hall–Kier alpha value is -1.52. The van der Waals surface area contributed by atoms with Gasteiger partial charge in [-0.05, 0) is 26.0 Å². The van der Waals surface area contributed by atoms with Crippen molar-refractivity contribution in [3.05, 3.63) is 39.7 Å². The first-order valence-corrected chi connectivity index (χ1v) is 6.39. The monoisotopic (exact) mass is 299 g/mol. The van der Waals surface area contributed by atoms with E-state index in [1.165, 1.54) is 0 Å². The van der Waals surface area contributed by atoms with Crippen LogP contribution >= 0.6 is 23.2 Å². The summed E-state index contributed by atoms with van der Waals surface area (Å²) in [6, 6.07) is 5.11. The third-order valence-electron chi connectivity index (χ3n) is 2.45. The van der Waals surface area contributed by atoms with E-state index in [-0.39, 0.29) is 18.2 Å². The highest BCUT2D eigenvalue weighted by molar-refractivity contribution is 6.43. The van der Waals surface area contributed by atoms with Crippen molar-refractivity contribution in [3.8, 4) is 11.5 Å². The maximum atomic E-state index is 11.7. The quantitative estimate of drug-likeness (QED) is 0.800. The van der Waals surface area contributed by atoms with Crippen LogP contribution in [0.5, 0.6) is 0 Å². The lowest BCUT2D eigenvalue weighted by Crippen LogP contribution is -2.06. The number of esters is 1. The Morgan fingerprint density at radius 1 is 1.42 bits per heavy atom. The van der Waals surface area contributed by atoms with Crippen molar-refractivity contribution in [2.24, 2.45) is 0 Å². The second-order valence-electron chi connectivity index (χ2n) is 3.75. The first-order valence-electron chi connectivity index (χ1n) is 5.63. The van der Waals surface area contributed by atoms with Crippen LogP contribution in [0.1, 0.15) is 23.2 Å². The summed E-state index contributed by atoms with van der Waals surface area (Å²) < 4.78 is 10.3. The summed E-state index contributed by atoms with van der Waals surface area (Å²) in [7, 11) is 0. The van der Waals surface area contributed by atoms with Crippen molar-refractivity contribution in [2.45, 2.75) is 13.8 Å². The summed E-state index contributed by atoms with van der Waals surface area (Å²) in [6.45, 7) is 3.64. The fourth-order valence-electron chi connectivity index (χ4n) is 1.57. The molecule has 1 heterocycles. The Balaban J connectivity index is 2.45. The van der Waals surface area contributed by atoms with E-state index in [9.17, 15) is 4.79 Å². The van der Waals surface area contributed by atoms with E-state index in [1.807, 2.05) is 0 Å². The number of halogens is 2. The van der Waals surface area contributed by atoms with Crippen molar-refractivity contribution in [3.63, 3.8) is 0 Å². The zero-order valence-corrected chi connectivity index (χ0v) is 11.9. The Morgan fingerprint density at radius 3 is 2.84 bits per heavy atom. The van der Waals surface area contributed by atoms with E-state index in [4.69, 9.17) is 32.4 Å². The molecule has 1 aromatic heterocycles. The number of aryl methyl sites for hydroxylation is 1. The summed E-state index contributed by atoms with van der Waals surface area (Å²) in [6.07, 6.45) is 0. The molecule has 0 radical (unpaired) electrons. The van der Waals surface area contributed by atoms with Crippen LogP contribution in [0.15, 0.2) is 22.6 Å². The van der Waals surface area contributed by atoms with Gasteiger partial charge in [0.05, 0.1) is 22.2 Å². The van der Waals surface area contributed by atoms with Gasteiger partial charge in [-0.3, -0.25) is 0 Å². The molecule has 1 aromatic carbocycles. The Labute approximate surface area is 120 Å². The van der Waals surface area contributed by atoms with Crippen molar-refractivity contribution >= 4 is 29.2 Å². The van der Waals surface area contributed by atoms with Crippen LogP contribution in [-0.4, -0.2) is 17.6 Å². The smallest absolute Gasteiger partial charge is 0.360 e. The maximum absolute atomic E-state index is 11.7. The van der Waals surface area contributed by atoms with E-state index < -0.39 is 5.97 Å². The van der Waals surface area contributed by atoms with Crippen LogP contribution in [-0.2, 0) is 4.74 Å². The summed E-state index contributed by atoms with van der Waals surface area (Å²) in [5.41, 5.74) is 0.681. The van der Waals surface area contributed by atoms with Gasteiger partial charge in [0, 0.05) is 0 Å². The number of nitrogens with zero attached hydrogens (tertiary/aromatic N) is 1. The molecular weight excluding hydrogens is 289 g/mol. The fraction of sp³-hybridized carbons (Fsp3) is 0.231. The fourth-order valence-corrected chi connectivity index (χ4v) is 1.95. The standard InChI is InChI=1S/C13H11Cl2NO3/c1-3-18-13(17)11-7(2)19-12(16-11)8-5-4-6-9(14)10(8)15/h4-6H,3H2,1-2H3. The predicted octanol–water partition coefficient (Wildman–Crippen LogP) is 4.13. The normalized spacial score (nSPS) is 10.5. The molecule has 2 aromatic rings. The minimum absolute atomic E-state index is 0.146. The number of oxazole rings is 1. The zero-order chi connectivity index (χ0) is 14.0. The molecule has 0 aliphatic carbocycles. The number of hydrogen-bond acceptors (Lipinski definition) is 4. The predicted molar refractivity (Wildman–Crippen MR) is 72.7 cm³/mol. The second kappa shape index (κ2) is 5.63. The molecule has 0 N–H and O–H groups in total. The maximum Gasteiger partial charge on any atom is 0.360 e. The van der Waals surface area contributed by atoms with Gasteiger partial charge in [0.1, 0.15) is 5.76 Å². The molecule has 0 amide bonds. The van der Waals surface area contributed by atoms with Gasteiger partial charge in [0.15, 0.2) is 5.69 Å². The first kappa shape index (κ1) is 13.9. The summed E-state index contributed by atoms with van der Waals surface area (Å²) >= 11 is 12.0. The molecular formula is C13H11Cl2NO3. The second-order valence-corrected chi connectivity index (χ2v) is 4.53. The molecule has 100 valence electrons. The highest BCUT2D eigenvalue weighted by atomic mass is 35.5. The molecule has 4 nitrogen and oxygen atoms in total. The molecule has 0 saturated carbocycles. The van der Waals surface area contributed by atoms with Gasteiger partial charge in [-0.2, -0.15) is 0 Å². The molecule has 0 aliphatic rings. The van der Waals surface area contributed by atoms with Gasteiger partial charge in [-0.1, -0.05) is 29.3 Å². The number of rotatable bonds is 3. The highest BCUT2D eigenvalue weighted by Gasteiger charge is 2.20. The average Bonchev–Trinajstić information content (AvgIpc) is 2.75. The molecule has 0 saturated heterocycles. The molecule has 0 atom stereocenters. The Bertz CT molecular complexity index is 622. The number of carbonyl (C=O) groups excluding carboxylic acids is 1. The van der Waals surface area contributed by atoms with Crippen LogP contribution in [0.4, 0.5) is 0 Å². The average molecular weight is 300 g/mol. The number of carbonyl (C=O) groups is 1. The van der Waals surface area contributed by atoms with Crippen LogP contribution in [0.2, 0.25) is 10.0 Å². The van der Waals surface area contributed by atoms with E-state index in [0.717, 1.165) is 0 Å². The summed E-state index contributed by atoms with van der Waals surface area (Å²) in [5, 5.41) is 0.730. The minimum Gasteiger partial charge on any atom is -0.461 e. The van der Waals surface area contributed by atoms with E-state index in [0.29, 0.717) is 21.4 Å². The van der Waals surface area contributed by atoms with Crippen LogP contribution < -0.4 is 0 Å². The molecule has 2 rings (SSSR count). The highest BCUT2D eigenvalue weighted by Crippen LogP contribution is 2.33. The lowest BCUT2D eigenvalue weighted by molar-refractivity contribution is 0.0518. The first-order chi connectivity index (χ1) is 9.04. The van der Waals surface area contributed by atoms with Gasteiger partial charge >= 0.3 is 5.97 Å². The van der Waals surface area contributed by atoms with Crippen molar-refractivity contribution in [2.75, 3.05) is 6.61 Å². The lowest BCUT2D eigenvalue weighted by atomic mass is 10.2. The molecule has 0 aliphatic heterocycles. The molecule has 0 spiro atoms. The number of ether oxygens (including phenoxy) is 1. The Kier molecular flexibility index (Phi) is 4.12.